The average Bonchev–Trinajstić information content (AvgIpc) is 2.99. The van der Waals surface area contributed by atoms with Crippen LogP contribution >= 0.6 is 11.8 Å². The van der Waals surface area contributed by atoms with Gasteiger partial charge in [0.2, 0.25) is 5.88 Å². The Hall–Kier alpha value is -1.31. The molecule has 1 aromatic heterocycles. The predicted molar refractivity (Wildman–Crippen MR) is 80.7 cm³/mol. The van der Waals surface area contributed by atoms with E-state index in [1.54, 1.807) is 18.3 Å². The standard InChI is InChI=1S/C14H20N2O4S/c17-6-4-16(5-7-18)14(19)11-1-3-15-13(9-11)20-12-2-8-21-10-12/h1,3,9,12,17-18H,2,4-8,10H2. The van der Waals surface area contributed by atoms with Gasteiger partial charge in [-0.3, -0.25) is 4.79 Å². The lowest BCUT2D eigenvalue weighted by Crippen LogP contribution is -2.35. The number of thioether (sulfide) groups is 1. The van der Waals surface area contributed by atoms with Crippen LogP contribution in [0.15, 0.2) is 18.3 Å². The van der Waals surface area contributed by atoms with E-state index in [1.807, 2.05) is 11.8 Å². The van der Waals surface area contributed by atoms with Gasteiger partial charge in [0.1, 0.15) is 6.10 Å². The number of aliphatic hydroxyl groups excluding tert-OH is 2. The van der Waals surface area contributed by atoms with Crippen LogP contribution in [-0.4, -0.2) is 69.9 Å². The van der Waals surface area contributed by atoms with Gasteiger partial charge in [-0.2, -0.15) is 11.8 Å². The number of ether oxygens (including phenoxy) is 1. The van der Waals surface area contributed by atoms with Crippen molar-refractivity contribution in [3.05, 3.63) is 23.9 Å². The Morgan fingerprint density at radius 1 is 1.43 bits per heavy atom. The van der Waals surface area contributed by atoms with E-state index in [-0.39, 0.29) is 38.3 Å². The largest absolute Gasteiger partial charge is 0.473 e. The molecular formula is C14H20N2O4S. The topological polar surface area (TPSA) is 82.9 Å². The van der Waals surface area contributed by atoms with Crippen molar-refractivity contribution >= 4 is 17.7 Å². The molecule has 2 heterocycles. The minimum Gasteiger partial charge on any atom is -0.473 e. The van der Waals surface area contributed by atoms with E-state index in [4.69, 9.17) is 14.9 Å². The number of amides is 1. The molecule has 1 aliphatic heterocycles. The molecule has 1 aromatic rings. The molecule has 2 rings (SSSR count). The second-order valence-corrected chi connectivity index (χ2v) is 5.88. The van der Waals surface area contributed by atoms with Gasteiger partial charge in [-0.1, -0.05) is 0 Å². The molecule has 1 saturated heterocycles. The Labute approximate surface area is 128 Å². The highest BCUT2D eigenvalue weighted by molar-refractivity contribution is 7.99. The Morgan fingerprint density at radius 3 is 2.81 bits per heavy atom. The maximum Gasteiger partial charge on any atom is 0.254 e. The SMILES string of the molecule is O=C(c1ccnc(OC2CCSC2)c1)N(CCO)CCO. The lowest BCUT2D eigenvalue weighted by molar-refractivity contribution is 0.0684. The number of carbonyl (C=O) groups is 1. The zero-order valence-electron chi connectivity index (χ0n) is 11.8. The van der Waals surface area contributed by atoms with Crippen LogP contribution in [0.2, 0.25) is 0 Å². The molecule has 1 aliphatic rings. The quantitative estimate of drug-likeness (QED) is 0.758. The number of rotatable bonds is 7. The molecule has 7 heteroatoms. The fourth-order valence-corrected chi connectivity index (χ4v) is 3.22. The summed E-state index contributed by atoms with van der Waals surface area (Å²) in [7, 11) is 0. The molecule has 1 fully saturated rings. The van der Waals surface area contributed by atoms with Gasteiger partial charge < -0.3 is 19.8 Å². The van der Waals surface area contributed by atoms with E-state index >= 15 is 0 Å². The van der Waals surface area contributed by atoms with Crippen molar-refractivity contribution in [2.75, 3.05) is 37.8 Å². The molecule has 0 aliphatic carbocycles. The van der Waals surface area contributed by atoms with Crippen LogP contribution in [0.25, 0.3) is 0 Å². The molecule has 0 saturated carbocycles. The zero-order valence-corrected chi connectivity index (χ0v) is 12.6. The first-order valence-corrected chi connectivity index (χ1v) is 8.11. The molecule has 116 valence electrons. The maximum atomic E-state index is 12.3. The van der Waals surface area contributed by atoms with Crippen molar-refractivity contribution in [3.63, 3.8) is 0 Å². The molecule has 1 unspecified atom stereocenters. The summed E-state index contributed by atoms with van der Waals surface area (Å²) < 4.78 is 5.76. The summed E-state index contributed by atoms with van der Waals surface area (Å²) in [6, 6.07) is 3.23. The highest BCUT2D eigenvalue weighted by Gasteiger charge is 2.19. The van der Waals surface area contributed by atoms with Crippen molar-refractivity contribution in [3.8, 4) is 5.88 Å². The third kappa shape index (κ3) is 4.59. The fraction of sp³-hybridized carbons (Fsp3) is 0.571. The Kier molecular flexibility index (Phi) is 6.28. The van der Waals surface area contributed by atoms with Crippen molar-refractivity contribution in [1.29, 1.82) is 0 Å². The highest BCUT2D eigenvalue weighted by atomic mass is 32.2. The normalized spacial score (nSPS) is 17.7. The molecule has 1 amide bonds. The maximum absolute atomic E-state index is 12.3. The van der Waals surface area contributed by atoms with Crippen LogP contribution in [0, 0.1) is 0 Å². The zero-order chi connectivity index (χ0) is 15.1. The van der Waals surface area contributed by atoms with E-state index in [2.05, 4.69) is 4.98 Å². The summed E-state index contributed by atoms with van der Waals surface area (Å²) in [4.78, 5) is 17.9. The number of pyridine rings is 1. The number of aliphatic hydroxyl groups is 2. The fourth-order valence-electron chi connectivity index (χ4n) is 2.12. The van der Waals surface area contributed by atoms with Crippen LogP contribution in [-0.2, 0) is 0 Å². The summed E-state index contributed by atoms with van der Waals surface area (Å²) in [5, 5.41) is 18.0. The monoisotopic (exact) mass is 312 g/mol. The van der Waals surface area contributed by atoms with Crippen molar-refractivity contribution in [2.24, 2.45) is 0 Å². The Morgan fingerprint density at radius 2 is 2.19 bits per heavy atom. The van der Waals surface area contributed by atoms with Gasteiger partial charge in [0, 0.05) is 36.7 Å². The van der Waals surface area contributed by atoms with Crippen LogP contribution in [0.3, 0.4) is 0 Å². The molecule has 21 heavy (non-hydrogen) atoms. The molecule has 6 nitrogen and oxygen atoms in total. The number of hydrogen-bond donors (Lipinski definition) is 2. The Balaban J connectivity index is 2.05. The van der Waals surface area contributed by atoms with E-state index in [9.17, 15) is 4.79 Å². The summed E-state index contributed by atoms with van der Waals surface area (Å²) in [6.07, 6.45) is 2.69. The number of aromatic nitrogens is 1. The lowest BCUT2D eigenvalue weighted by atomic mass is 10.2. The van der Waals surface area contributed by atoms with Gasteiger partial charge in [0.05, 0.1) is 13.2 Å². The first-order valence-electron chi connectivity index (χ1n) is 6.96. The third-order valence-corrected chi connectivity index (χ3v) is 4.32. The summed E-state index contributed by atoms with van der Waals surface area (Å²) >= 11 is 1.85. The second-order valence-electron chi connectivity index (χ2n) is 4.73. The molecular weight excluding hydrogens is 292 g/mol. The molecule has 1 atom stereocenters. The van der Waals surface area contributed by atoms with Gasteiger partial charge in [-0.05, 0) is 18.2 Å². The summed E-state index contributed by atoms with van der Waals surface area (Å²) in [5.41, 5.74) is 0.451. The number of hydrogen-bond acceptors (Lipinski definition) is 6. The first kappa shape index (κ1) is 16.1. The smallest absolute Gasteiger partial charge is 0.254 e. The van der Waals surface area contributed by atoms with E-state index in [1.165, 1.54) is 4.90 Å². The second kappa shape index (κ2) is 8.21. The number of nitrogens with zero attached hydrogens (tertiary/aromatic N) is 2. The molecule has 2 N–H and O–H groups in total. The third-order valence-electron chi connectivity index (χ3n) is 3.18. The average molecular weight is 312 g/mol. The first-order chi connectivity index (χ1) is 10.2. The van der Waals surface area contributed by atoms with Crippen LogP contribution in [0.1, 0.15) is 16.8 Å². The minimum absolute atomic E-state index is 0.139. The number of carbonyl (C=O) groups excluding carboxylic acids is 1. The van der Waals surface area contributed by atoms with E-state index in [0.717, 1.165) is 17.9 Å². The van der Waals surface area contributed by atoms with Crippen LogP contribution in [0.4, 0.5) is 0 Å². The van der Waals surface area contributed by atoms with Gasteiger partial charge in [0.25, 0.3) is 5.91 Å². The van der Waals surface area contributed by atoms with Crippen molar-refractivity contribution < 1.29 is 19.7 Å². The molecule has 0 bridgehead atoms. The minimum atomic E-state index is -0.244. The lowest BCUT2D eigenvalue weighted by Gasteiger charge is -2.21. The molecule has 0 radical (unpaired) electrons. The highest BCUT2D eigenvalue weighted by Crippen LogP contribution is 2.22. The van der Waals surface area contributed by atoms with Gasteiger partial charge >= 0.3 is 0 Å². The van der Waals surface area contributed by atoms with E-state index in [0.29, 0.717) is 11.4 Å². The van der Waals surface area contributed by atoms with Crippen LogP contribution in [0.5, 0.6) is 5.88 Å². The molecule has 0 aromatic carbocycles. The van der Waals surface area contributed by atoms with Crippen molar-refractivity contribution in [1.82, 2.24) is 9.88 Å². The van der Waals surface area contributed by atoms with Gasteiger partial charge in [-0.15, -0.1) is 0 Å². The summed E-state index contributed by atoms with van der Waals surface area (Å²) in [5.74, 6) is 2.23. The van der Waals surface area contributed by atoms with Gasteiger partial charge in [0.15, 0.2) is 0 Å². The van der Waals surface area contributed by atoms with E-state index < -0.39 is 0 Å². The Bertz CT molecular complexity index is 460. The van der Waals surface area contributed by atoms with Crippen LogP contribution < -0.4 is 4.74 Å². The molecule has 0 spiro atoms. The predicted octanol–water partition coefficient (Wildman–Crippen LogP) is 0.393. The van der Waals surface area contributed by atoms with Gasteiger partial charge in [-0.25, -0.2) is 4.98 Å². The summed E-state index contributed by atoms with van der Waals surface area (Å²) in [6.45, 7) is 0.104. The van der Waals surface area contributed by atoms with Crippen molar-refractivity contribution in [2.45, 2.75) is 12.5 Å².